The van der Waals surface area contributed by atoms with Crippen molar-refractivity contribution in [1.82, 2.24) is 14.8 Å². The number of para-hydroxylation sites is 1. The zero-order valence-corrected chi connectivity index (χ0v) is 17.0. The number of carbonyl (C=O) groups is 2. The number of amides is 2. The lowest BCUT2D eigenvalue weighted by atomic mass is 10.1. The number of aromatic nitrogens is 1. The van der Waals surface area contributed by atoms with E-state index in [-0.39, 0.29) is 23.8 Å². The number of hydrogen-bond donors (Lipinski definition) is 0. The number of rotatable bonds is 4. The van der Waals surface area contributed by atoms with Gasteiger partial charge in [-0.1, -0.05) is 42.5 Å². The Hall–Kier alpha value is -2.73. The van der Waals surface area contributed by atoms with Crippen LogP contribution in [0.4, 0.5) is 0 Å². The first-order chi connectivity index (χ1) is 14.2. The van der Waals surface area contributed by atoms with Gasteiger partial charge in [0.2, 0.25) is 11.8 Å². The fourth-order valence-electron chi connectivity index (χ4n) is 4.45. The summed E-state index contributed by atoms with van der Waals surface area (Å²) >= 11 is 1.68. The van der Waals surface area contributed by atoms with Gasteiger partial charge in [0, 0.05) is 26.1 Å². The molecular weight excluding hydrogens is 382 g/mol. The van der Waals surface area contributed by atoms with E-state index in [2.05, 4.69) is 6.07 Å². The number of hydrogen-bond acceptors (Lipinski definition) is 4. The van der Waals surface area contributed by atoms with Gasteiger partial charge in [0.05, 0.1) is 22.2 Å². The molecule has 1 aromatic heterocycles. The van der Waals surface area contributed by atoms with Crippen molar-refractivity contribution in [3.63, 3.8) is 0 Å². The van der Waals surface area contributed by atoms with Gasteiger partial charge in [-0.05, 0) is 30.5 Å². The number of fused-ring (bicyclic) bond motifs is 1. The van der Waals surface area contributed by atoms with Crippen LogP contribution in [-0.4, -0.2) is 39.7 Å². The van der Waals surface area contributed by atoms with Crippen molar-refractivity contribution in [1.29, 1.82) is 0 Å². The standard InChI is InChI=1S/C23H23N3O2S/c27-21-13-17(15-25(21)14-16-7-2-1-3-8-16)23(28)26-12-6-10-19(26)22-24-18-9-4-5-11-20(18)29-22/h1-5,7-9,11,17,19H,6,10,12-15H2/t17-,19-/m0/s1. The Morgan fingerprint density at radius 2 is 1.90 bits per heavy atom. The average molecular weight is 406 g/mol. The minimum Gasteiger partial charge on any atom is -0.338 e. The Bertz CT molecular complexity index is 1020. The third-order valence-corrected chi connectivity index (χ3v) is 7.05. The molecule has 148 valence electrons. The predicted molar refractivity (Wildman–Crippen MR) is 113 cm³/mol. The summed E-state index contributed by atoms with van der Waals surface area (Å²) in [6, 6.07) is 18.1. The van der Waals surface area contributed by atoms with Crippen LogP contribution in [0.15, 0.2) is 54.6 Å². The van der Waals surface area contributed by atoms with E-state index in [1.165, 1.54) is 0 Å². The van der Waals surface area contributed by atoms with Gasteiger partial charge in [0.1, 0.15) is 5.01 Å². The summed E-state index contributed by atoms with van der Waals surface area (Å²) in [5.41, 5.74) is 2.10. The van der Waals surface area contributed by atoms with Crippen molar-refractivity contribution < 1.29 is 9.59 Å². The second-order valence-corrected chi connectivity index (χ2v) is 8.93. The maximum absolute atomic E-state index is 13.3. The smallest absolute Gasteiger partial charge is 0.228 e. The Morgan fingerprint density at radius 1 is 1.10 bits per heavy atom. The van der Waals surface area contributed by atoms with E-state index >= 15 is 0 Å². The maximum Gasteiger partial charge on any atom is 0.228 e. The molecule has 5 rings (SSSR count). The summed E-state index contributed by atoms with van der Waals surface area (Å²) in [6.45, 7) is 1.84. The lowest BCUT2D eigenvalue weighted by Gasteiger charge is -2.26. The molecule has 2 saturated heterocycles. The molecule has 2 aliphatic rings. The van der Waals surface area contributed by atoms with E-state index in [1.54, 1.807) is 11.3 Å². The van der Waals surface area contributed by atoms with Gasteiger partial charge in [-0.3, -0.25) is 9.59 Å². The molecule has 2 atom stereocenters. The molecule has 0 spiro atoms. The fraction of sp³-hybridized carbons (Fsp3) is 0.348. The normalized spacial score (nSPS) is 22.0. The van der Waals surface area contributed by atoms with E-state index in [9.17, 15) is 9.59 Å². The second kappa shape index (κ2) is 7.59. The molecule has 0 bridgehead atoms. The van der Waals surface area contributed by atoms with Gasteiger partial charge in [-0.25, -0.2) is 4.98 Å². The summed E-state index contributed by atoms with van der Waals surface area (Å²) in [6.07, 6.45) is 2.25. The lowest BCUT2D eigenvalue weighted by molar-refractivity contribution is -0.136. The van der Waals surface area contributed by atoms with E-state index in [0.29, 0.717) is 19.5 Å². The molecule has 0 N–H and O–H groups in total. The van der Waals surface area contributed by atoms with Crippen molar-refractivity contribution in [2.24, 2.45) is 5.92 Å². The first-order valence-corrected chi connectivity index (χ1v) is 11.0. The third-order valence-electron chi connectivity index (χ3n) is 5.91. The largest absolute Gasteiger partial charge is 0.338 e. The summed E-state index contributed by atoms with van der Waals surface area (Å²) in [7, 11) is 0. The molecule has 0 radical (unpaired) electrons. The number of benzene rings is 2. The van der Waals surface area contributed by atoms with Gasteiger partial charge in [-0.2, -0.15) is 0 Å². The van der Waals surface area contributed by atoms with Gasteiger partial charge in [0.25, 0.3) is 0 Å². The highest BCUT2D eigenvalue weighted by Crippen LogP contribution is 2.38. The molecule has 3 aromatic rings. The molecule has 2 aromatic carbocycles. The topological polar surface area (TPSA) is 53.5 Å². The van der Waals surface area contributed by atoms with Crippen molar-refractivity contribution in [3.8, 4) is 0 Å². The highest BCUT2D eigenvalue weighted by Gasteiger charge is 2.40. The average Bonchev–Trinajstić information content (AvgIpc) is 3.46. The molecular formula is C23H23N3O2S. The Balaban J connectivity index is 1.31. The monoisotopic (exact) mass is 405 g/mol. The van der Waals surface area contributed by atoms with Crippen molar-refractivity contribution in [3.05, 3.63) is 65.2 Å². The van der Waals surface area contributed by atoms with Gasteiger partial charge in [-0.15, -0.1) is 11.3 Å². The van der Waals surface area contributed by atoms with E-state index in [1.807, 2.05) is 58.3 Å². The molecule has 29 heavy (non-hydrogen) atoms. The summed E-state index contributed by atoms with van der Waals surface area (Å²) < 4.78 is 1.16. The van der Waals surface area contributed by atoms with Gasteiger partial charge >= 0.3 is 0 Å². The Kier molecular flexibility index (Phi) is 4.79. The molecule has 0 unspecified atom stereocenters. The van der Waals surface area contributed by atoms with Gasteiger partial charge in [0.15, 0.2) is 0 Å². The second-order valence-electron chi connectivity index (χ2n) is 7.87. The van der Waals surface area contributed by atoms with Crippen LogP contribution in [-0.2, 0) is 16.1 Å². The van der Waals surface area contributed by atoms with Crippen molar-refractivity contribution in [2.75, 3.05) is 13.1 Å². The van der Waals surface area contributed by atoms with Crippen LogP contribution in [0.3, 0.4) is 0 Å². The minimum absolute atomic E-state index is 0.0400. The summed E-state index contributed by atoms with van der Waals surface area (Å²) in [4.78, 5) is 34.4. The molecule has 0 saturated carbocycles. The SMILES string of the molecule is O=C1C[C@H](C(=O)N2CCC[C@H]2c2nc3ccccc3s2)CN1Cc1ccccc1. The van der Waals surface area contributed by atoms with E-state index in [0.717, 1.165) is 40.2 Å². The van der Waals surface area contributed by atoms with Crippen LogP contribution in [0.1, 0.15) is 35.9 Å². The van der Waals surface area contributed by atoms with Crippen LogP contribution >= 0.6 is 11.3 Å². The van der Waals surface area contributed by atoms with Gasteiger partial charge < -0.3 is 9.80 Å². The molecule has 6 heteroatoms. The molecule has 2 fully saturated rings. The first kappa shape index (κ1) is 18.3. The zero-order chi connectivity index (χ0) is 19.8. The van der Waals surface area contributed by atoms with Crippen LogP contribution in [0, 0.1) is 5.92 Å². The fourth-order valence-corrected chi connectivity index (χ4v) is 5.56. The lowest BCUT2D eigenvalue weighted by Crippen LogP contribution is -2.37. The molecule has 0 aliphatic carbocycles. The summed E-state index contributed by atoms with van der Waals surface area (Å²) in [5, 5.41) is 1.02. The van der Waals surface area contributed by atoms with Crippen molar-refractivity contribution in [2.45, 2.75) is 31.8 Å². The number of likely N-dealkylation sites (tertiary alicyclic amines) is 2. The minimum atomic E-state index is -0.249. The van der Waals surface area contributed by atoms with E-state index in [4.69, 9.17) is 4.98 Å². The van der Waals surface area contributed by atoms with E-state index < -0.39 is 0 Å². The number of thiazole rings is 1. The highest BCUT2D eigenvalue weighted by atomic mass is 32.1. The van der Waals surface area contributed by atoms with Crippen LogP contribution in [0.2, 0.25) is 0 Å². The predicted octanol–water partition coefficient (Wildman–Crippen LogP) is 4.01. The molecule has 5 nitrogen and oxygen atoms in total. The van der Waals surface area contributed by atoms with Crippen LogP contribution in [0.25, 0.3) is 10.2 Å². The van der Waals surface area contributed by atoms with Crippen molar-refractivity contribution >= 4 is 33.4 Å². The number of nitrogens with zero attached hydrogens (tertiary/aromatic N) is 3. The number of carbonyl (C=O) groups excluding carboxylic acids is 2. The Morgan fingerprint density at radius 3 is 2.72 bits per heavy atom. The quantitative estimate of drug-likeness (QED) is 0.659. The molecule has 2 aliphatic heterocycles. The third kappa shape index (κ3) is 3.53. The first-order valence-electron chi connectivity index (χ1n) is 10.2. The maximum atomic E-state index is 13.3. The zero-order valence-electron chi connectivity index (χ0n) is 16.2. The van der Waals surface area contributed by atoms with Crippen LogP contribution in [0.5, 0.6) is 0 Å². The highest BCUT2D eigenvalue weighted by molar-refractivity contribution is 7.18. The molecule has 3 heterocycles. The summed E-state index contributed by atoms with van der Waals surface area (Å²) in [5.74, 6) is -0.0696. The molecule has 2 amide bonds. The Labute approximate surface area is 174 Å². The van der Waals surface area contributed by atoms with Crippen LogP contribution < -0.4 is 0 Å².